The topological polar surface area (TPSA) is 44.3 Å². The molecule has 17 heavy (non-hydrogen) atoms. The van der Waals surface area contributed by atoms with Gasteiger partial charge in [0.15, 0.2) is 0 Å². The van der Waals surface area contributed by atoms with Crippen LogP contribution in [0.5, 0.6) is 0 Å². The van der Waals surface area contributed by atoms with Crippen molar-refractivity contribution < 1.29 is 5.21 Å². The van der Waals surface area contributed by atoms with Gasteiger partial charge in [0.25, 0.3) is 0 Å². The van der Waals surface area contributed by atoms with Crippen molar-refractivity contribution >= 4 is 11.4 Å². The lowest BCUT2D eigenvalue weighted by Crippen LogP contribution is -1.99. The number of hydrogen-bond donors (Lipinski definition) is 3. The molecule has 0 spiro atoms. The van der Waals surface area contributed by atoms with Gasteiger partial charge in [-0.2, -0.15) is 0 Å². The summed E-state index contributed by atoms with van der Waals surface area (Å²) in [7, 11) is 0. The van der Waals surface area contributed by atoms with E-state index in [1.807, 2.05) is 36.4 Å². The van der Waals surface area contributed by atoms with Crippen LogP contribution in [0.2, 0.25) is 0 Å². The molecule has 0 heterocycles. The van der Waals surface area contributed by atoms with Crippen LogP contribution >= 0.6 is 0 Å². The molecule has 88 valence electrons. The van der Waals surface area contributed by atoms with Crippen molar-refractivity contribution in [3.05, 3.63) is 48.5 Å². The first-order valence-corrected chi connectivity index (χ1v) is 5.68. The fourth-order valence-electron chi connectivity index (χ4n) is 1.81. The molecule has 2 aromatic rings. The van der Waals surface area contributed by atoms with Crippen LogP contribution in [0.3, 0.4) is 0 Å². The third-order valence-corrected chi connectivity index (χ3v) is 2.60. The smallest absolute Gasteiger partial charge is 0.0609 e. The van der Waals surface area contributed by atoms with Gasteiger partial charge in [-0.25, -0.2) is 0 Å². The van der Waals surface area contributed by atoms with Crippen LogP contribution in [0.25, 0.3) is 11.1 Å². The minimum atomic E-state index is 0.686. The summed E-state index contributed by atoms with van der Waals surface area (Å²) in [4.78, 5) is 0. The van der Waals surface area contributed by atoms with Crippen molar-refractivity contribution in [3.63, 3.8) is 0 Å². The highest BCUT2D eigenvalue weighted by atomic mass is 16.5. The van der Waals surface area contributed by atoms with Crippen LogP contribution in [0.4, 0.5) is 11.4 Å². The zero-order chi connectivity index (χ0) is 12.1. The molecule has 0 atom stereocenters. The van der Waals surface area contributed by atoms with E-state index in [2.05, 4.69) is 29.9 Å². The Morgan fingerprint density at radius 3 is 2.47 bits per heavy atom. The van der Waals surface area contributed by atoms with Gasteiger partial charge in [0.1, 0.15) is 0 Å². The number of anilines is 2. The fourth-order valence-corrected chi connectivity index (χ4v) is 1.81. The highest BCUT2D eigenvalue weighted by Crippen LogP contribution is 2.30. The molecule has 3 nitrogen and oxygen atoms in total. The van der Waals surface area contributed by atoms with Crippen molar-refractivity contribution in [2.75, 3.05) is 17.3 Å². The highest BCUT2D eigenvalue weighted by Gasteiger charge is 2.05. The molecule has 0 fully saturated rings. The van der Waals surface area contributed by atoms with Crippen molar-refractivity contribution in [1.82, 2.24) is 0 Å². The maximum Gasteiger partial charge on any atom is 0.0609 e. The fraction of sp³-hybridized carbons (Fsp3) is 0.143. The normalized spacial score (nSPS) is 10.0. The molecule has 0 saturated heterocycles. The monoisotopic (exact) mass is 228 g/mol. The summed E-state index contributed by atoms with van der Waals surface area (Å²) in [5.74, 6) is 0. The molecule has 0 aliphatic rings. The van der Waals surface area contributed by atoms with Gasteiger partial charge in [-0.1, -0.05) is 30.3 Å². The largest absolute Gasteiger partial charge is 0.385 e. The molecule has 0 aromatic heterocycles. The van der Waals surface area contributed by atoms with Gasteiger partial charge in [-0.15, -0.1) is 0 Å². The Balaban J connectivity index is 2.48. The molecule has 0 radical (unpaired) electrons. The molecule has 0 aliphatic carbocycles. The maximum absolute atomic E-state index is 8.96. The molecule has 3 N–H and O–H groups in total. The molecule has 0 unspecified atom stereocenters. The molecule has 0 bridgehead atoms. The summed E-state index contributed by atoms with van der Waals surface area (Å²) in [6.07, 6.45) is 0. The first-order chi connectivity index (χ1) is 8.35. The van der Waals surface area contributed by atoms with E-state index in [0.717, 1.165) is 23.4 Å². The Morgan fingerprint density at radius 1 is 1.06 bits per heavy atom. The van der Waals surface area contributed by atoms with Crippen LogP contribution in [0, 0.1) is 0 Å². The van der Waals surface area contributed by atoms with Gasteiger partial charge in [0.05, 0.1) is 5.69 Å². The van der Waals surface area contributed by atoms with Crippen LogP contribution in [-0.2, 0) is 0 Å². The number of hydrogen-bond acceptors (Lipinski definition) is 3. The molecule has 0 amide bonds. The second-order valence-electron chi connectivity index (χ2n) is 3.77. The standard InChI is InChI=1S/C14H16N2O/c1-2-15-14-9-8-12(16-17)10-13(14)11-6-4-3-5-7-11/h3-10,15-17H,2H2,1H3. The molecular formula is C14H16N2O. The third kappa shape index (κ3) is 2.57. The van der Waals surface area contributed by atoms with Crippen molar-refractivity contribution in [2.45, 2.75) is 6.92 Å². The minimum Gasteiger partial charge on any atom is -0.385 e. The van der Waals surface area contributed by atoms with E-state index in [1.165, 1.54) is 0 Å². The van der Waals surface area contributed by atoms with Gasteiger partial charge >= 0.3 is 0 Å². The number of benzene rings is 2. The van der Waals surface area contributed by atoms with E-state index in [0.29, 0.717) is 5.69 Å². The Bertz CT molecular complexity index is 483. The summed E-state index contributed by atoms with van der Waals surface area (Å²) in [6.45, 7) is 2.93. The lowest BCUT2D eigenvalue weighted by molar-refractivity contribution is 0.389. The second-order valence-corrected chi connectivity index (χ2v) is 3.77. The average Bonchev–Trinajstić information content (AvgIpc) is 2.40. The summed E-state index contributed by atoms with van der Waals surface area (Å²) < 4.78 is 0. The lowest BCUT2D eigenvalue weighted by Gasteiger charge is -2.12. The van der Waals surface area contributed by atoms with Gasteiger partial charge in [-0.3, -0.25) is 10.7 Å². The van der Waals surface area contributed by atoms with Crippen molar-refractivity contribution in [2.24, 2.45) is 0 Å². The Kier molecular flexibility index (Phi) is 3.62. The summed E-state index contributed by atoms with van der Waals surface area (Å²) in [6, 6.07) is 15.8. The number of rotatable bonds is 4. The molecular weight excluding hydrogens is 212 g/mol. The van der Waals surface area contributed by atoms with E-state index in [9.17, 15) is 0 Å². The first-order valence-electron chi connectivity index (χ1n) is 5.68. The molecule has 2 rings (SSSR count). The summed E-state index contributed by atoms with van der Waals surface area (Å²) in [5, 5.41) is 12.3. The maximum atomic E-state index is 8.96. The van der Waals surface area contributed by atoms with Crippen LogP contribution < -0.4 is 10.8 Å². The zero-order valence-corrected chi connectivity index (χ0v) is 9.77. The van der Waals surface area contributed by atoms with Gasteiger partial charge in [0.2, 0.25) is 0 Å². The Labute approximate surface area is 101 Å². The lowest BCUT2D eigenvalue weighted by atomic mass is 10.0. The average molecular weight is 228 g/mol. The summed E-state index contributed by atoms with van der Waals surface area (Å²) >= 11 is 0. The zero-order valence-electron chi connectivity index (χ0n) is 9.77. The van der Waals surface area contributed by atoms with Crippen LogP contribution in [0.1, 0.15) is 6.92 Å². The first kappa shape index (κ1) is 11.5. The predicted octanol–water partition coefficient (Wildman–Crippen LogP) is 3.59. The van der Waals surface area contributed by atoms with Crippen LogP contribution in [-0.4, -0.2) is 11.8 Å². The minimum absolute atomic E-state index is 0.686. The van der Waals surface area contributed by atoms with E-state index >= 15 is 0 Å². The Morgan fingerprint density at radius 2 is 1.82 bits per heavy atom. The van der Waals surface area contributed by atoms with Gasteiger partial charge < -0.3 is 5.32 Å². The molecule has 0 aliphatic heterocycles. The SMILES string of the molecule is CCNc1ccc(NO)cc1-c1ccccc1. The van der Waals surface area contributed by atoms with E-state index in [4.69, 9.17) is 5.21 Å². The van der Waals surface area contributed by atoms with E-state index < -0.39 is 0 Å². The highest BCUT2D eigenvalue weighted by molar-refractivity contribution is 5.80. The molecule has 3 heteroatoms. The third-order valence-electron chi connectivity index (χ3n) is 2.60. The van der Waals surface area contributed by atoms with E-state index in [-0.39, 0.29) is 0 Å². The predicted molar refractivity (Wildman–Crippen MR) is 71.5 cm³/mol. The quantitative estimate of drug-likeness (QED) is 0.701. The van der Waals surface area contributed by atoms with E-state index in [1.54, 1.807) is 0 Å². The van der Waals surface area contributed by atoms with Crippen LogP contribution in [0.15, 0.2) is 48.5 Å². The summed E-state index contributed by atoms with van der Waals surface area (Å²) in [5.41, 5.74) is 6.13. The van der Waals surface area contributed by atoms with Crippen molar-refractivity contribution in [3.8, 4) is 11.1 Å². The number of nitrogens with one attached hydrogen (secondary N) is 2. The van der Waals surface area contributed by atoms with Gasteiger partial charge in [0, 0.05) is 17.8 Å². The van der Waals surface area contributed by atoms with Gasteiger partial charge in [-0.05, 0) is 30.7 Å². The second kappa shape index (κ2) is 5.37. The van der Waals surface area contributed by atoms with Crippen molar-refractivity contribution in [1.29, 1.82) is 0 Å². The molecule has 2 aromatic carbocycles. The molecule has 0 saturated carbocycles. The Hall–Kier alpha value is -2.00.